The summed E-state index contributed by atoms with van der Waals surface area (Å²) in [7, 11) is 0. The van der Waals surface area contributed by atoms with Crippen molar-refractivity contribution in [3.8, 4) is 0 Å². The third-order valence-electron chi connectivity index (χ3n) is 5.92. The summed E-state index contributed by atoms with van der Waals surface area (Å²) in [6.45, 7) is 9.37. The topological polar surface area (TPSA) is 13.1 Å². The number of hydrogen-bond donors (Lipinski definition) is 0. The maximum absolute atomic E-state index is 6.13. The van der Waals surface area contributed by atoms with E-state index in [0.29, 0.717) is 0 Å². The van der Waals surface area contributed by atoms with Gasteiger partial charge in [-0.2, -0.15) is 0 Å². The normalized spacial score (nSPS) is 17.8. The Balaban J connectivity index is 1.54. The molecule has 1 aromatic carbocycles. The van der Waals surface area contributed by atoms with E-state index in [1.165, 1.54) is 30.2 Å². The number of fused-ring (bicyclic) bond motifs is 2. The zero-order chi connectivity index (χ0) is 17.6. The lowest BCUT2D eigenvalue weighted by atomic mass is 9.83. The Morgan fingerprint density at radius 2 is 2.04 bits per heavy atom. The molecule has 1 aliphatic carbocycles. The summed E-state index contributed by atoms with van der Waals surface area (Å²) < 4.78 is 6.13. The van der Waals surface area contributed by atoms with Crippen molar-refractivity contribution < 1.29 is 4.42 Å². The highest BCUT2D eigenvalue weighted by Gasteiger charge is 2.27. The summed E-state index contributed by atoms with van der Waals surface area (Å²) >= 11 is 2.06. The fourth-order valence-electron chi connectivity index (χ4n) is 4.05. The Labute approximate surface area is 155 Å². The lowest BCUT2D eigenvalue weighted by Gasteiger charge is -2.22. The van der Waals surface area contributed by atoms with Crippen LogP contribution < -0.4 is 0 Å². The molecule has 132 valence electrons. The number of para-hydroxylation sites is 1. The zero-order valence-corrected chi connectivity index (χ0v) is 16.6. The summed E-state index contributed by atoms with van der Waals surface area (Å²) in [4.78, 5) is 3.20. The molecule has 25 heavy (non-hydrogen) atoms. The van der Waals surface area contributed by atoms with Crippen molar-refractivity contribution >= 4 is 22.3 Å². The Hall–Kier alpha value is -1.54. The maximum atomic E-state index is 6.13. The van der Waals surface area contributed by atoms with Gasteiger partial charge in [0.1, 0.15) is 11.3 Å². The van der Waals surface area contributed by atoms with E-state index in [1.807, 2.05) is 0 Å². The molecule has 0 radical (unpaired) electrons. The molecular formula is C23H28OS. The highest BCUT2D eigenvalue weighted by molar-refractivity contribution is 7.12. The van der Waals surface area contributed by atoms with Gasteiger partial charge in [0.2, 0.25) is 0 Å². The van der Waals surface area contributed by atoms with Crippen LogP contribution in [0.1, 0.15) is 60.3 Å². The second-order valence-corrected chi connectivity index (χ2v) is 9.57. The number of aryl methyl sites for hydroxylation is 3. The van der Waals surface area contributed by atoms with E-state index in [2.05, 4.69) is 69.4 Å². The van der Waals surface area contributed by atoms with Crippen molar-refractivity contribution in [2.75, 3.05) is 0 Å². The molecule has 1 aliphatic rings. The first-order valence-corrected chi connectivity index (χ1v) is 10.3. The predicted octanol–water partition coefficient (Wildman–Crippen LogP) is 6.84. The van der Waals surface area contributed by atoms with Gasteiger partial charge < -0.3 is 4.42 Å². The van der Waals surface area contributed by atoms with E-state index in [9.17, 15) is 0 Å². The highest BCUT2D eigenvalue weighted by Crippen LogP contribution is 2.40. The van der Waals surface area contributed by atoms with Gasteiger partial charge in [0.25, 0.3) is 0 Å². The van der Waals surface area contributed by atoms with Crippen molar-refractivity contribution in [2.45, 2.75) is 65.2 Å². The Kier molecular flexibility index (Phi) is 4.27. The molecule has 0 amide bonds. The third-order valence-corrected chi connectivity index (χ3v) is 7.52. The van der Waals surface area contributed by atoms with Gasteiger partial charge in [-0.1, -0.05) is 39.0 Å². The van der Waals surface area contributed by atoms with Crippen molar-refractivity contribution in [3.05, 3.63) is 57.0 Å². The van der Waals surface area contributed by atoms with Gasteiger partial charge in [0, 0.05) is 21.6 Å². The van der Waals surface area contributed by atoms with Gasteiger partial charge in [-0.15, -0.1) is 11.3 Å². The largest absolute Gasteiger partial charge is 0.461 e. The SMILES string of the molecule is Cc1c(CCC(C)(C)c2cc3c(s2)CCC(C)C3)oc2ccccc12. The summed E-state index contributed by atoms with van der Waals surface area (Å²) in [5, 5.41) is 1.26. The summed E-state index contributed by atoms with van der Waals surface area (Å²) in [5.74, 6) is 2.00. The van der Waals surface area contributed by atoms with Crippen LogP contribution in [0.2, 0.25) is 0 Å². The number of rotatable bonds is 4. The molecule has 1 atom stereocenters. The van der Waals surface area contributed by atoms with E-state index in [0.717, 1.165) is 30.1 Å². The van der Waals surface area contributed by atoms with Crippen LogP contribution in [0, 0.1) is 12.8 Å². The average molecular weight is 353 g/mol. The predicted molar refractivity (Wildman–Crippen MR) is 108 cm³/mol. The minimum absolute atomic E-state index is 0.205. The van der Waals surface area contributed by atoms with Gasteiger partial charge >= 0.3 is 0 Å². The van der Waals surface area contributed by atoms with Crippen LogP contribution >= 0.6 is 11.3 Å². The summed E-state index contributed by atoms with van der Waals surface area (Å²) in [5.41, 5.74) is 4.15. The molecule has 0 saturated carbocycles. The fourth-order valence-corrected chi connectivity index (χ4v) is 5.39. The quantitative estimate of drug-likeness (QED) is 0.501. The van der Waals surface area contributed by atoms with Gasteiger partial charge in [-0.3, -0.25) is 0 Å². The van der Waals surface area contributed by atoms with Gasteiger partial charge in [-0.25, -0.2) is 0 Å². The van der Waals surface area contributed by atoms with Crippen molar-refractivity contribution in [1.82, 2.24) is 0 Å². The Morgan fingerprint density at radius 3 is 2.84 bits per heavy atom. The Bertz CT molecular complexity index is 896. The van der Waals surface area contributed by atoms with Crippen LogP contribution in [-0.2, 0) is 24.7 Å². The fraction of sp³-hybridized carbons (Fsp3) is 0.478. The first kappa shape index (κ1) is 16.9. The van der Waals surface area contributed by atoms with Crippen LogP contribution in [0.4, 0.5) is 0 Å². The van der Waals surface area contributed by atoms with E-state index < -0.39 is 0 Å². The van der Waals surface area contributed by atoms with Crippen molar-refractivity contribution in [1.29, 1.82) is 0 Å². The van der Waals surface area contributed by atoms with E-state index >= 15 is 0 Å². The number of furan rings is 1. The third kappa shape index (κ3) is 3.17. The molecule has 3 aromatic rings. The van der Waals surface area contributed by atoms with Crippen molar-refractivity contribution in [2.24, 2.45) is 5.92 Å². The molecule has 0 saturated heterocycles. The molecule has 2 heteroatoms. The number of benzene rings is 1. The summed E-state index contributed by atoms with van der Waals surface area (Å²) in [6, 6.07) is 10.9. The van der Waals surface area contributed by atoms with E-state index in [-0.39, 0.29) is 5.41 Å². The van der Waals surface area contributed by atoms with Crippen LogP contribution in [0.3, 0.4) is 0 Å². The second-order valence-electron chi connectivity index (χ2n) is 8.44. The first-order valence-electron chi connectivity index (χ1n) is 9.53. The molecule has 0 bridgehead atoms. The molecule has 0 spiro atoms. The van der Waals surface area contributed by atoms with E-state index in [4.69, 9.17) is 4.42 Å². The van der Waals surface area contributed by atoms with Crippen LogP contribution in [0.25, 0.3) is 11.0 Å². The molecule has 1 nitrogen and oxygen atoms in total. The second kappa shape index (κ2) is 6.32. The zero-order valence-electron chi connectivity index (χ0n) is 15.8. The standard InChI is InChI=1S/C23H28OS/c1-15-9-10-21-17(13-15)14-22(25-21)23(3,4)12-11-19-16(2)18-7-5-6-8-20(18)24-19/h5-8,14-15H,9-13H2,1-4H3. The maximum Gasteiger partial charge on any atom is 0.134 e. The minimum Gasteiger partial charge on any atom is -0.461 e. The highest BCUT2D eigenvalue weighted by atomic mass is 32.1. The monoisotopic (exact) mass is 352 g/mol. The lowest BCUT2D eigenvalue weighted by molar-refractivity contribution is 0.448. The molecule has 1 unspecified atom stereocenters. The van der Waals surface area contributed by atoms with Crippen LogP contribution in [0.5, 0.6) is 0 Å². The van der Waals surface area contributed by atoms with Crippen LogP contribution in [-0.4, -0.2) is 0 Å². The van der Waals surface area contributed by atoms with Gasteiger partial charge in [-0.05, 0) is 67.2 Å². The number of thiophene rings is 1. The van der Waals surface area contributed by atoms with Crippen LogP contribution in [0.15, 0.2) is 34.7 Å². The molecule has 0 aliphatic heterocycles. The average Bonchev–Trinajstić information content (AvgIpc) is 3.15. The van der Waals surface area contributed by atoms with Gasteiger partial charge in [0.05, 0.1) is 0 Å². The van der Waals surface area contributed by atoms with E-state index in [1.54, 1.807) is 15.3 Å². The molecule has 4 rings (SSSR count). The number of hydrogen-bond acceptors (Lipinski definition) is 2. The lowest BCUT2D eigenvalue weighted by Crippen LogP contribution is -2.16. The molecule has 2 aromatic heterocycles. The van der Waals surface area contributed by atoms with Gasteiger partial charge in [0.15, 0.2) is 0 Å². The minimum atomic E-state index is 0.205. The molecule has 0 fully saturated rings. The van der Waals surface area contributed by atoms with Crippen molar-refractivity contribution in [3.63, 3.8) is 0 Å². The molecular weight excluding hydrogens is 324 g/mol. The summed E-state index contributed by atoms with van der Waals surface area (Å²) in [6.07, 6.45) is 6.03. The first-order chi connectivity index (χ1) is 11.9. The smallest absolute Gasteiger partial charge is 0.134 e. The molecule has 2 heterocycles. The Morgan fingerprint density at radius 1 is 1.24 bits per heavy atom. The molecule has 0 N–H and O–H groups in total.